The number of methoxy groups -OCH3 is 1. The maximum Gasteiger partial charge on any atom is 0.340 e. The number of non-ortho nitro benzene ring substituents is 1. The van der Waals surface area contributed by atoms with E-state index in [-0.39, 0.29) is 17.1 Å². The van der Waals surface area contributed by atoms with E-state index in [4.69, 9.17) is 4.74 Å². The smallest absolute Gasteiger partial charge is 0.340 e. The van der Waals surface area contributed by atoms with Gasteiger partial charge in [-0.2, -0.15) is 0 Å². The van der Waals surface area contributed by atoms with E-state index in [1.54, 1.807) is 0 Å². The number of nitro benzene ring substituents is 1. The summed E-state index contributed by atoms with van der Waals surface area (Å²) >= 11 is 0. The average Bonchev–Trinajstić information content (AvgIpc) is 3.01. The zero-order valence-electron chi connectivity index (χ0n) is 12.3. The number of esters is 1. The Bertz CT molecular complexity index is 953. The lowest BCUT2D eigenvalue weighted by molar-refractivity contribution is -0.385. The molecule has 2 aromatic heterocycles. The number of hydrogen-bond donors (Lipinski definition) is 1. The fraction of sp³-hybridized carbons (Fsp3) is 0.0667. The highest BCUT2D eigenvalue weighted by Crippen LogP contribution is 2.33. The number of halogens is 1. The molecule has 0 atom stereocenters. The monoisotopic (exact) mass is 331 g/mol. The number of hydrogen-bond acceptors (Lipinski definition) is 6. The molecule has 0 unspecified atom stereocenters. The molecule has 3 rings (SSSR count). The van der Waals surface area contributed by atoms with Gasteiger partial charge in [0.05, 0.1) is 29.0 Å². The van der Waals surface area contributed by atoms with Crippen molar-refractivity contribution in [2.45, 2.75) is 0 Å². The van der Waals surface area contributed by atoms with Gasteiger partial charge >= 0.3 is 5.97 Å². The lowest BCUT2D eigenvalue weighted by atomic mass is 10.2. The van der Waals surface area contributed by atoms with Gasteiger partial charge in [-0.3, -0.25) is 10.1 Å². The molecule has 2 heterocycles. The molecule has 0 spiro atoms. The number of benzene rings is 1. The van der Waals surface area contributed by atoms with Gasteiger partial charge in [0.25, 0.3) is 5.69 Å². The fourth-order valence-electron chi connectivity index (χ4n) is 2.19. The van der Waals surface area contributed by atoms with E-state index in [2.05, 4.69) is 14.7 Å². The third-order valence-electron chi connectivity index (χ3n) is 3.29. The number of pyridine rings is 1. The first-order chi connectivity index (χ1) is 11.5. The molecular formula is C15H10FN3O5. The topological polar surface area (TPSA) is 107 Å². The average molecular weight is 331 g/mol. The summed E-state index contributed by atoms with van der Waals surface area (Å²) in [6, 6.07) is 4.47. The lowest BCUT2D eigenvalue weighted by Crippen LogP contribution is -2.00. The first-order valence-corrected chi connectivity index (χ1v) is 6.67. The van der Waals surface area contributed by atoms with Crippen LogP contribution < -0.4 is 4.74 Å². The van der Waals surface area contributed by atoms with Gasteiger partial charge in [0.15, 0.2) is 11.6 Å². The van der Waals surface area contributed by atoms with E-state index in [1.165, 1.54) is 25.6 Å². The minimum absolute atomic E-state index is 0.161. The van der Waals surface area contributed by atoms with Crippen molar-refractivity contribution in [1.82, 2.24) is 9.97 Å². The van der Waals surface area contributed by atoms with Crippen molar-refractivity contribution in [3.8, 4) is 11.5 Å². The van der Waals surface area contributed by atoms with Crippen LogP contribution in [0.5, 0.6) is 11.5 Å². The number of aromatic nitrogens is 2. The van der Waals surface area contributed by atoms with Gasteiger partial charge in [0, 0.05) is 18.5 Å². The molecule has 1 N–H and O–H groups in total. The largest absolute Gasteiger partial charge is 0.465 e. The van der Waals surface area contributed by atoms with Gasteiger partial charge in [-0.05, 0) is 12.1 Å². The summed E-state index contributed by atoms with van der Waals surface area (Å²) < 4.78 is 24.2. The molecular weight excluding hydrogens is 321 g/mol. The summed E-state index contributed by atoms with van der Waals surface area (Å²) in [7, 11) is 1.23. The van der Waals surface area contributed by atoms with Crippen molar-refractivity contribution >= 4 is 22.7 Å². The summed E-state index contributed by atoms with van der Waals surface area (Å²) in [5, 5.41) is 11.0. The van der Waals surface area contributed by atoms with Crippen LogP contribution in [0.3, 0.4) is 0 Å². The number of nitro groups is 1. The van der Waals surface area contributed by atoms with Crippen LogP contribution in [-0.2, 0) is 4.74 Å². The maximum absolute atomic E-state index is 14.0. The van der Waals surface area contributed by atoms with Crippen LogP contribution in [0, 0.1) is 15.9 Å². The molecule has 0 saturated carbocycles. The number of ether oxygens (including phenoxy) is 2. The third-order valence-corrected chi connectivity index (χ3v) is 3.29. The lowest BCUT2D eigenvalue weighted by Gasteiger charge is -2.08. The van der Waals surface area contributed by atoms with Crippen LogP contribution >= 0.6 is 0 Å². The van der Waals surface area contributed by atoms with Crippen molar-refractivity contribution in [3.63, 3.8) is 0 Å². The van der Waals surface area contributed by atoms with Crippen LogP contribution in [-0.4, -0.2) is 28.0 Å². The van der Waals surface area contributed by atoms with Crippen LogP contribution in [0.2, 0.25) is 0 Å². The molecule has 3 aromatic rings. The molecule has 0 aliphatic heterocycles. The summed E-state index contributed by atoms with van der Waals surface area (Å²) in [5.41, 5.74) is 0.143. The first kappa shape index (κ1) is 15.4. The van der Waals surface area contributed by atoms with Crippen molar-refractivity contribution in [2.24, 2.45) is 0 Å². The second-order valence-electron chi connectivity index (χ2n) is 4.70. The van der Waals surface area contributed by atoms with Crippen LogP contribution in [0.1, 0.15) is 10.4 Å². The predicted molar refractivity (Wildman–Crippen MR) is 80.6 cm³/mol. The number of aromatic amines is 1. The third kappa shape index (κ3) is 2.62. The molecule has 1 aromatic carbocycles. The summed E-state index contributed by atoms with van der Waals surface area (Å²) in [5.74, 6) is -1.56. The Kier molecular flexibility index (Phi) is 3.82. The van der Waals surface area contributed by atoms with Gasteiger partial charge in [-0.1, -0.05) is 0 Å². The summed E-state index contributed by atoms with van der Waals surface area (Å²) in [4.78, 5) is 28.6. The minimum Gasteiger partial charge on any atom is -0.465 e. The molecule has 0 radical (unpaired) electrons. The Morgan fingerprint density at radius 1 is 1.33 bits per heavy atom. The SMILES string of the molecule is COC(=O)c1c[nH]c2nccc(Oc3ccc([N+](=O)[O-])cc3F)c12. The molecule has 0 aliphatic carbocycles. The molecule has 0 fully saturated rings. The first-order valence-electron chi connectivity index (χ1n) is 6.67. The molecule has 0 saturated heterocycles. The standard InChI is InChI=1S/C15H10FN3O5/c1-23-15(20)9-7-18-14-13(9)12(4-5-17-14)24-11-3-2-8(19(21)22)6-10(11)16/h2-7H,1H3,(H,17,18). The van der Waals surface area contributed by atoms with Gasteiger partial charge < -0.3 is 14.5 Å². The van der Waals surface area contributed by atoms with Gasteiger partial charge in [-0.15, -0.1) is 0 Å². The number of carbonyl (C=O) groups excluding carboxylic acids is 1. The van der Waals surface area contributed by atoms with Crippen molar-refractivity contribution in [3.05, 3.63) is 58.2 Å². The van der Waals surface area contributed by atoms with Gasteiger partial charge in [0.1, 0.15) is 11.4 Å². The zero-order chi connectivity index (χ0) is 17.3. The van der Waals surface area contributed by atoms with Crippen LogP contribution in [0.4, 0.5) is 10.1 Å². The Morgan fingerprint density at radius 2 is 2.12 bits per heavy atom. The van der Waals surface area contributed by atoms with Crippen molar-refractivity contribution < 1.29 is 23.6 Å². The molecule has 0 bridgehead atoms. The number of rotatable bonds is 4. The molecule has 0 amide bonds. The number of fused-ring (bicyclic) bond motifs is 1. The number of H-pyrrole nitrogens is 1. The normalized spacial score (nSPS) is 10.6. The Labute approximate surface area is 134 Å². The molecule has 9 heteroatoms. The van der Waals surface area contributed by atoms with E-state index in [0.29, 0.717) is 11.0 Å². The summed E-state index contributed by atoms with van der Waals surface area (Å²) in [6.45, 7) is 0. The van der Waals surface area contributed by atoms with E-state index < -0.39 is 22.4 Å². The second kappa shape index (κ2) is 5.95. The molecule has 122 valence electrons. The highest BCUT2D eigenvalue weighted by molar-refractivity contribution is 6.05. The van der Waals surface area contributed by atoms with Crippen LogP contribution in [0.15, 0.2) is 36.7 Å². The van der Waals surface area contributed by atoms with E-state index in [1.807, 2.05) is 0 Å². The predicted octanol–water partition coefficient (Wildman–Crippen LogP) is 3.19. The fourth-order valence-corrected chi connectivity index (χ4v) is 2.19. The highest BCUT2D eigenvalue weighted by atomic mass is 19.1. The van der Waals surface area contributed by atoms with E-state index in [9.17, 15) is 19.3 Å². The Balaban J connectivity index is 2.06. The second-order valence-corrected chi connectivity index (χ2v) is 4.70. The molecule has 8 nitrogen and oxygen atoms in total. The minimum atomic E-state index is -0.899. The van der Waals surface area contributed by atoms with Gasteiger partial charge in [0.2, 0.25) is 0 Å². The Hall–Kier alpha value is -3.49. The van der Waals surface area contributed by atoms with E-state index >= 15 is 0 Å². The zero-order valence-corrected chi connectivity index (χ0v) is 12.3. The van der Waals surface area contributed by atoms with E-state index in [0.717, 1.165) is 18.2 Å². The Morgan fingerprint density at radius 3 is 2.79 bits per heavy atom. The van der Waals surface area contributed by atoms with Crippen LogP contribution in [0.25, 0.3) is 11.0 Å². The number of nitrogens with zero attached hydrogens (tertiary/aromatic N) is 2. The van der Waals surface area contributed by atoms with Crippen molar-refractivity contribution in [1.29, 1.82) is 0 Å². The maximum atomic E-state index is 14.0. The van der Waals surface area contributed by atoms with Crippen molar-refractivity contribution in [2.75, 3.05) is 7.11 Å². The molecule has 0 aliphatic rings. The summed E-state index contributed by atoms with van der Waals surface area (Å²) in [6.07, 6.45) is 2.82. The highest BCUT2D eigenvalue weighted by Gasteiger charge is 2.19. The molecule has 24 heavy (non-hydrogen) atoms. The number of carbonyl (C=O) groups is 1. The van der Waals surface area contributed by atoms with Gasteiger partial charge in [-0.25, -0.2) is 14.2 Å². The number of nitrogens with one attached hydrogen (secondary N) is 1. The quantitative estimate of drug-likeness (QED) is 0.447.